The number of morpholine rings is 1. The van der Waals surface area contributed by atoms with E-state index in [1.807, 2.05) is 0 Å². The lowest BCUT2D eigenvalue weighted by molar-refractivity contribution is -0.402. The van der Waals surface area contributed by atoms with Crippen molar-refractivity contribution in [3.63, 3.8) is 0 Å². The van der Waals surface area contributed by atoms with Crippen LogP contribution >= 0.6 is 0 Å². The summed E-state index contributed by atoms with van der Waals surface area (Å²) in [6.45, 7) is 0.746. The van der Waals surface area contributed by atoms with Crippen molar-refractivity contribution >= 4 is 29.1 Å². The number of carbonyl (C=O) groups is 2. The smallest absolute Gasteiger partial charge is 0.433 e. The summed E-state index contributed by atoms with van der Waals surface area (Å²) in [5, 5.41) is 12.9. The molecule has 2 aromatic rings. The molecule has 1 fully saturated rings. The van der Waals surface area contributed by atoms with Gasteiger partial charge in [0, 0.05) is 13.1 Å². The van der Waals surface area contributed by atoms with Gasteiger partial charge >= 0.3 is 18.0 Å². The largest absolute Gasteiger partial charge is 0.450 e. The highest BCUT2D eigenvalue weighted by molar-refractivity contribution is 5.97. The van der Waals surface area contributed by atoms with Crippen LogP contribution in [0, 0.1) is 10.1 Å². The lowest BCUT2D eigenvalue weighted by Gasteiger charge is -2.31. The summed E-state index contributed by atoms with van der Waals surface area (Å²) in [7, 11) is 0. The lowest BCUT2D eigenvalue weighted by atomic mass is 10.1. The number of halogens is 3. The minimum atomic E-state index is -4.62. The van der Waals surface area contributed by atoms with Crippen molar-refractivity contribution in [2.24, 2.45) is 0 Å². The summed E-state index contributed by atoms with van der Waals surface area (Å²) in [5.41, 5.74) is -0.705. The number of benzene rings is 1. The van der Waals surface area contributed by atoms with Crippen molar-refractivity contribution in [1.29, 1.82) is 0 Å². The van der Waals surface area contributed by atoms with E-state index in [1.165, 1.54) is 6.07 Å². The Morgan fingerprint density at radius 3 is 2.52 bits per heavy atom. The second kappa shape index (κ2) is 9.04. The van der Waals surface area contributed by atoms with Gasteiger partial charge in [-0.3, -0.25) is 14.9 Å². The van der Waals surface area contributed by atoms with Crippen molar-refractivity contribution in [2.45, 2.75) is 6.18 Å². The van der Waals surface area contributed by atoms with Gasteiger partial charge in [0.2, 0.25) is 5.76 Å². The highest BCUT2D eigenvalue weighted by Gasteiger charge is 2.32. The van der Waals surface area contributed by atoms with E-state index < -0.39 is 46.8 Å². The average molecular weight is 443 g/mol. The predicted octanol–water partition coefficient (Wildman–Crippen LogP) is 2.84. The first-order chi connectivity index (χ1) is 14.6. The van der Waals surface area contributed by atoms with Gasteiger partial charge < -0.3 is 24.1 Å². The van der Waals surface area contributed by atoms with Gasteiger partial charge in [0.15, 0.2) is 6.61 Å². The third kappa shape index (κ3) is 5.51. The number of nitrogens with one attached hydrogen (secondary N) is 1. The molecule has 166 valence electrons. The van der Waals surface area contributed by atoms with Gasteiger partial charge in [-0.15, -0.1) is 0 Å². The summed E-state index contributed by atoms with van der Waals surface area (Å²) >= 11 is 0. The van der Waals surface area contributed by atoms with Gasteiger partial charge in [0.1, 0.15) is 4.92 Å². The van der Waals surface area contributed by atoms with Crippen LogP contribution < -0.4 is 10.2 Å². The molecule has 0 spiro atoms. The fourth-order valence-electron chi connectivity index (χ4n) is 2.82. The average Bonchev–Trinajstić information content (AvgIpc) is 3.23. The number of nitrogens with zero attached hydrogens (tertiary/aromatic N) is 2. The second-order valence-electron chi connectivity index (χ2n) is 6.35. The van der Waals surface area contributed by atoms with Crippen LogP contribution in [0.5, 0.6) is 0 Å². The highest BCUT2D eigenvalue weighted by Crippen LogP contribution is 2.35. The molecule has 2 heterocycles. The molecule has 3 rings (SSSR count). The number of amides is 1. The van der Waals surface area contributed by atoms with Crippen LogP contribution in [0.1, 0.15) is 16.1 Å². The predicted molar refractivity (Wildman–Crippen MR) is 98.8 cm³/mol. The number of esters is 1. The molecule has 13 heteroatoms. The Labute approximate surface area is 172 Å². The fraction of sp³-hybridized carbons (Fsp3) is 0.333. The molecule has 1 amide bonds. The van der Waals surface area contributed by atoms with Gasteiger partial charge in [0.05, 0.1) is 36.2 Å². The zero-order valence-corrected chi connectivity index (χ0v) is 15.8. The van der Waals surface area contributed by atoms with Crippen LogP contribution in [0.3, 0.4) is 0 Å². The third-order valence-electron chi connectivity index (χ3n) is 4.26. The minimum absolute atomic E-state index is 0.105. The van der Waals surface area contributed by atoms with Crippen molar-refractivity contribution in [3.8, 4) is 0 Å². The first-order valence-corrected chi connectivity index (χ1v) is 8.90. The molecule has 10 nitrogen and oxygen atoms in total. The molecule has 0 bridgehead atoms. The lowest BCUT2D eigenvalue weighted by Crippen LogP contribution is -2.37. The van der Waals surface area contributed by atoms with E-state index in [-0.39, 0.29) is 5.69 Å². The molecule has 0 saturated carbocycles. The number of rotatable bonds is 6. The quantitative estimate of drug-likeness (QED) is 0.411. The standard InChI is InChI=1S/C18H16F3N3O7/c19-18(20,21)11-1-2-13(23-5-7-29-8-6-23)12(9-11)22-15(25)10-30-17(26)14-3-4-16(31-14)24(27)28/h1-4,9H,5-8,10H2,(H,22,25). The highest BCUT2D eigenvalue weighted by atomic mass is 19.4. The molecular weight excluding hydrogens is 427 g/mol. The summed E-state index contributed by atoms with van der Waals surface area (Å²) in [5.74, 6) is -3.22. The van der Waals surface area contributed by atoms with E-state index >= 15 is 0 Å². The van der Waals surface area contributed by atoms with Crippen molar-refractivity contribution in [1.82, 2.24) is 0 Å². The fourth-order valence-corrected chi connectivity index (χ4v) is 2.82. The Morgan fingerprint density at radius 2 is 1.90 bits per heavy atom. The number of alkyl halides is 3. The van der Waals surface area contributed by atoms with Gasteiger partial charge in [-0.2, -0.15) is 13.2 Å². The number of nitro groups is 1. The third-order valence-corrected chi connectivity index (χ3v) is 4.26. The number of furan rings is 1. The van der Waals surface area contributed by atoms with Crippen LogP contribution in [-0.2, 0) is 20.4 Å². The summed E-state index contributed by atoms with van der Waals surface area (Å²) in [6, 6.07) is 4.89. The van der Waals surface area contributed by atoms with E-state index in [2.05, 4.69) is 9.73 Å². The number of hydrogen-bond donors (Lipinski definition) is 1. The molecule has 1 saturated heterocycles. The van der Waals surface area contributed by atoms with Crippen LogP contribution in [-0.4, -0.2) is 49.7 Å². The number of anilines is 2. The SMILES string of the molecule is O=C(COC(=O)c1ccc([N+](=O)[O-])o1)Nc1cc(C(F)(F)F)ccc1N1CCOCC1. The molecule has 1 aromatic carbocycles. The minimum Gasteiger partial charge on any atom is -0.450 e. The van der Waals surface area contributed by atoms with E-state index in [0.29, 0.717) is 32.0 Å². The molecule has 0 aliphatic carbocycles. The molecule has 1 aromatic heterocycles. The summed E-state index contributed by atoms with van der Waals surface area (Å²) < 4.78 is 53.9. The maximum atomic E-state index is 13.1. The van der Waals surface area contributed by atoms with Gasteiger partial charge in [-0.25, -0.2) is 4.79 Å². The topological polar surface area (TPSA) is 124 Å². The van der Waals surface area contributed by atoms with Crippen molar-refractivity contribution in [3.05, 3.63) is 51.8 Å². The van der Waals surface area contributed by atoms with E-state index in [1.54, 1.807) is 4.90 Å². The molecule has 1 aliphatic rings. The maximum absolute atomic E-state index is 13.1. The Balaban J connectivity index is 1.70. The number of ether oxygens (including phenoxy) is 2. The van der Waals surface area contributed by atoms with Gasteiger partial charge in [-0.1, -0.05) is 0 Å². The Morgan fingerprint density at radius 1 is 1.19 bits per heavy atom. The van der Waals surface area contributed by atoms with E-state index in [0.717, 1.165) is 24.3 Å². The molecule has 0 atom stereocenters. The van der Waals surface area contributed by atoms with Crippen LogP contribution in [0.25, 0.3) is 0 Å². The van der Waals surface area contributed by atoms with Gasteiger partial charge in [0.25, 0.3) is 5.91 Å². The van der Waals surface area contributed by atoms with Crippen molar-refractivity contribution in [2.75, 3.05) is 43.1 Å². The molecular formula is C18H16F3N3O7. The zero-order valence-electron chi connectivity index (χ0n) is 15.8. The Kier molecular flexibility index (Phi) is 6.44. The monoisotopic (exact) mass is 443 g/mol. The van der Waals surface area contributed by atoms with Crippen LogP contribution in [0.2, 0.25) is 0 Å². The molecule has 1 aliphatic heterocycles. The molecule has 0 radical (unpaired) electrons. The first-order valence-electron chi connectivity index (χ1n) is 8.90. The number of hydrogen-bond acceptors (Lipinski definition) is 8. The van der Waals surface area contributed by atoms with E-state index in [4.69, 9.17) is 9.47 Å². The van der Waals surface area contributed by atoms with Crippen LogP contribution in [0.15, 0.2) is 34.7 Å². The Bertz CT molecular complexity index is 984. The molecule has 0 unspecified atom stereocenters. The van der Waals surface area contributed by atoms with Crippen LogP contribution in [0.4, 0.5) is 30.4 Å². The number of carbonyl (C=O) groups excluding carboxylic acids is 2. The normalized spacial score (nSPS) is 14.2. The Hall–Kier alpha value is -3.61. The first kappa shape index (κ1) is 22.1. The van der Waals surface area contributed by atoms with Crippen molar-refractivity contribution < 1.29 is 41.6 Å². The van der Waals surface area contributed by atoms with E-state index in [9.17, 15) is 32.9 Å². The molecule has 31 heavy (non-hydrogen) atoms. The summed E-state index contributed by atoms with van der Waals surface area (Å²) in [4.78, 5) is 35.5. The zero-order chi connectivity index (χ0) is 22.6. The summed E-state index contributed by atoms with van der Waals surface area (Å²) in [6.07, 6.45) is -4.62. The molecule has 1 N–H and O–H groups in total. The van der Waals surface area contributed by atoms with Gasteiger partial charge in [-0.05, 0) is 24.3 Å². The second-order valence-corrected chi connectivity index (χ2v) is 6.35. The maximum Gasteiger partial charge on any atom is 0.433 e.